The van der Waals surface area contributed by atoms with Gasteiger partial charge < -0.3 is 9.47 Å². The summed E-state index contributed by atoms with van der Waals surface area (Å²) in [6.07, 6.45) is 3.12. The molecule has 130 valence electrons. The van der Waals surface area contributed by atoms with Crippen LogP contribution in [0, 0.1) is 0 Å². The van der Waals surface area contributed by atoms with E-state index in [9.17, 15) is 0 Å². The van der Waals surface area contributed by atoms with E-state index in [0.29, 0.717) is 37.2 Å². The van der Waals surface area contributed by atoms with Gasteiger partial charge in [0.05, 0.1) is 11.2 Å². The Kier molecular flexibility index (Phi) is 3.60. The van der Waals surface area contributed by atoms with E-state index in [1.165, 1.54) is 17.7 Å². The fourth-order valence-corrected chi connectivity index (χ4v) is 3.24. The summed E-state index contributed by atoms with van der Waals surface area (Å²) in [6.45, 7) is 1.51. The van der Waals surface area contributed by atoms with Crippen molar-refractivity contribution in [3.8, 4) is 28.7 Å². The molecule has 5 rings (SSSR count). The van der Waals surface area contributed by atoms with Crippen LogP contribution in [0.15, 0.2) is 41.7 Å². The first kappa shape index (κ1) is 15.0. The lowest BCUT2D eigenvalue weighted by atomic mass is 10.2. The zero-order chi connectivity index (χ0) is 17.3. The van der Waals surface area contributed by atoms with Crippen LogP contribution in [0.2, 0.25) is 0 Å². The zero-order valence-electron chi connectivity index (χ0n) is 13.5. The lowest BCUT2D eigenvalue weighted by Crippen LogP contribution is -2.15. The molecular weight excluding hydrogens is 354 g/mol. The Morgan fingerprint density at radius 1 is 1.15 bits per heavy atom. The van der Waals surface area contributed by atoms with E-state index < -0.39 is 0 Å². The number of rotatable bonds is 4. The van der Waals surface area contributed by atoms with Crippen molar-refractivity contribution in [1.82, 2.24) is 34.5 Å². The molecule has 0 atom stereocenters. The van der Waals surface area contributed by atoms with Crippen LogP contribution in [0.4, 0.5) is 0 Å². The van der Waals surface area contributed by atoms with Crippen LogP contribution < -0.4 is 9.47 Å². The van der Waals surface area contributed by atoms with Gasteiger partial charge in [-0.1, -0.05) is 0 Å². The van der Waals surface area contributed by atoms with Crippen molar-refractivity contribution in [3.63, 3.8) is 0 Å². The third-order valence-corrected chi connectivity index (χ3v) is 4.44. The summed E-state index contributed by atoms with van der Waals surface area (Å²) >= 11 is 1.51. The summed E-state index contributed by atoms with van der Waals surface area (Å²) in [4.78, 5) is 13.0. The van der Waals surface area contributed by atoms with Crippen molar-refractivity contribution >= 4 is 11.3 Å². The van der Waals surface area contributed by atoms with Gasteiger partial charge in [0.25, 0.3) is 0 Å². The van der Waals surface area contributed by atoms with E-state index in [1.807, 2.05) is 23.6 Å². The van der Waals surface area contributed by atoms with Crippen LogP contribution in [0.25, 0.3) is 17.2 Å². The fourth-order valence-electron chi connectivity index (χ4n) is 2.71. The SMILES string of the molecule is c1ncn(Cc2nc(-c3cscn3)n(-c3ccc4c(c3)OCCO4)n2)n1. The minimum Gasteiger partial charge on any atom is -0.486 e. The minimum atomic E-state index is 0.425. The molecule has 0 fully saturated rings. The van der Waals surface area contributed by atoms with Crippen molar-refractivity contribution in [2.45, 2.75) is 6.54 Å². The number of benzene rings is 1. The van der Waals surface area contributed by atoms with Crippen LogP contribution in [0.1, 0.15) is 5.82 Å². The quantitative estimate of drug-likeness (QED) is 0.543. The summed E-state index contributed by atoms with van der Waals surface area (Å²) in [5.41, 5.74) is 3.37. The Morgan fingerprint density at radius 2 is 2.08 bits per heavy atom. The van der Waals surface area contributed by atoms with Crippen LogP contribution >= 0.6 is 11.3 Å². The first-order valence-corrected chi connectivity index (χ1v) is 8.88. The van der Waals surface area contributed by atoms with Crippen LogP contribution in [-0.2, 0) is 6.54 Å². The summed E-state index contributed by atoms with van der Waals surface area (Å²) < 4.78 is 14.7. The predicted octanol–water partition coefficient (Wildman–Crippen LogP) is 1.80. The molecule has 0 bridgehead atoms. The highest BCUT2D eigenvalue weighted by Gasteiger charge is 2.18. The van der Waals surface area contributed by atoms with Crippen molar-refractivity contribution < 1.29 is 9.47 Å². The molecule has 0 radical (unpaired) electrons. The van der Waals surface area contributed by atoms with Crippen LogP contribution in [-0.4, -0.2) is 47.7 Å². The molecule has 0 unspecified atom stereocenters. The molecule has 0 saturated carbocycles. The molecule has 26 heavy (non-hydrogen) atoms. The summed E-state index contributed by atoms with van der Waals surface area (Å²) in [6, 6.07) is 5.71. The van der Waals surface area contributed by atoms with Crippen molar-refractivity contribution in [2.75, 3.05) is 13.2 Å². The fraction of sp³-hybridized carbons (Fsp3) is 0.188. The van der Waals surface area contributed by atoms with E-state index >= 15 is 0 Å². The van der Waals surface area contributed by atoms with Gasteiger partial charge in [0.1, 0.15) is 38.1 Å². The van der Waals surface area contributed by atoms with Crippen LogP contribution in [0.3, 0.4) is 0 Å². The van der Waals surface area contributed by atoms with E-state index in [2.05, 4.69) is 25.1 Å². The highest BCUT2D eigenvalue weighted by atomic mass is 32.1. The maximum Gasteiger partial charge on any atom is 0.182 e. The molecule has 1 aliphatic rings. The smallest absolute Gasteiger partial charge is 0.182 e. The highest BCUT2D eigenvalue weighted by Crippen LogP contribution is 2.33. The molecule has 0 N–H and O–H groups in total. The molecule has 0 saturated heterocycles. The maximum absolute atomic E-state index is 5.69. The molecule has 10 heteroatoms. The third kappa shape index (κ3) is 2.69. The maximum atomic E-state index is 5.69. The zero-order valence-corrected chi connectivity index (χ0v) is 14.3. The number of hydrogen-bond acceptors (Lipinski definition) is 8. The third-order valence-electron chi connectivity index (χ3n) is 3.85. The lowest BCUT2D eigenvalue weighted by molar-refractivity contribution is 0.171. The predicted molar refractivity (Wildman–Crippen MR) is 92.6 cm³/mol. The number of ether oxygens (including phenoxy) is 2. The second-order valence-corrected chi connectivity index (χ2v) is 6.28. The Labute approximate surface area is 151 Å². The number of aromatic nitrogens is 7. The number of nitrogens with zero attached hydrogens (tertiary/aromatic N) is 7. The Hall–Kier alpha value is -3.27. The van der Waals surface area contributed by atoms with E-state index in [-0.39, 0.29) is 0 Å². The number of hydrogen-bond donors (Lipinski definition) is 0. The highest BCUT2D eigenvalue weighted by molar-refractivity contribution is 7.07. The normalized spacial score (nSPS) is 13.1. The molecule has 4 aromatic rings. The van der Waals surface area contributed by atoms with Gasteiger partial charge in [0.2, 0.25) is 0 Å². The van der Waals surface area contributed by atoms with Crippen molar-refractivity contribution in [2.24, 2.45) is 0 Å². The second kappa shape index (κ2) is 6.23. The largest absolute Gasteiger partial charge is 0.486 e. The van der Waals surface area contributed by atoms with Crippen molar-refractivity contribution in [3.05, 3.63) is 47.6 Å². The molecule has 9 nitrogen and oxygen atoms in total. The van der Waals surface area contributed by atoms with Gasteiger partial charge in [0, 0.05) is 11.4 Å². The topological polar surface area (TPSA) is 92.8 Å². The van der Waals surface area contributed by atoms with Gasteiger partial charge in [0.15, 0.2) is 23.1 Å². The Balaban J connectivity index is 1.59. The van der Waals surface area contributed by atoms with Gasteiger partial charge in [-0.3, -0.25) is 0 Å². The molecule has 1 aromatic carbocycles. The van der Waals surface area contributed by atoms with Crippen LogP contribution in [0.5, 0.6) is 11.5 Å². The average molecular weight is 367 g/mol. The molecular formula is C16H13N7O2S. The van der Waals surface area contributed by atoms with Gasteiger partial charge in [-0.25, -0.2) is 24.3 Å². The number of thiazole rings is 1. The molecule has 3 aromatic heterocycles. The number of fused-ring (bicyclic) bond motifs is 1. The Morgan fingerprint density at radius 3 is 2.88 bits per heavy atom. The van der Waals surface area contributed by atoms with Crippen molar-refractivity contribution in [1.29, 1.82) is 0 Å². The average Bonchev–Trinajstić information content (AvgIpc) is 3.43. The van der Waals surface area contributed by atoms with E-state index in [1.54, 1.807) is 21.2 Å². The monoisotopic (exact) mass is 367 g/mol. The molecule has 0 spiro atoms. The molecule has 0 amide bonds. The van der Waals surface area contributed by atoms with Gasteiger partial charge >= 0.3 is 0 Å². The molecule has 0 aliphatic carbocycles. The van der Waals surface area contributed by atoms with Gasteiger partial charge in [-0.05, 0) is 12.1 Å². The summed E-state index contributed by atoms with van der Waals surface area (Å²) in [5.74, 6) is 2.72. The van der Waals surface area contributed by atoms with E-state index in [4.69, 9.17) is 9.47 Å². The standard InChI is InChI=1S/C16H13N7O2S/c1-2-13-14(25-4-3-24-13)5-11(1)23-16(12-7-26-10-18-12)20-15(21-23)6-22-9-17-8-19-22/h1-2,5,7-10H,3-4,6H2. The molecule has 1 aliphatic heterocycles. The molecule has 4 heterocycles. The first-order chi connectivity index (χ1) is 12.9. The van der Waals surface area contributed by atoms with Gasteiger partial charge in [-0.2, -0.15) is 5.10 Å². The van der Waals surface area contributed by atoms with Gasteiger partial charge in [-0.15, -0.1) is 16.4 Å². The lowest BCUT2D eigenvalue weighted by Gasteiger charge is -2.19. The minimum absolute atomic E-state index is 0.425. The first-order valence-electron chi connectivity index (χ1n) is 7.94. The second-order valence-electron chi connectivity index (χ2n) is 5.56. The van der Waals surface area contributed by atoms with E-state index in [0.717, 1.165) is 17.1 Å². The summed E-state index contributed by atoms with van der Waals surface area (Å²) in [7, 11) is 0. The summed E-state index contributed by atoms with van der Waals surface area (Å²) in [5, 5.41) is 10.7. The Bertz CT molecular complexity index is 1030.